The fourth-order valence-electron chi connectivity index (χ4n) is 0.911. The van der Waals surface area contributed by atoms with Gasteiger partial charge in [0.1, 0.15) is 6.04 Å². The third kappa shape index (κ3) is 3.02. The number of halogens is 2. The zero-order valence-electron chi connectivity index (χ0n) is 7.55. The first-order chi connectivity index (χ1) is 6.50. The number of nitrogens with one attached hydrogen (secondary N) is 1. The Balaban J connectivity index is 2.82. The van der Waals surface area contributed by atoms with Gasteiger partial charge in [-0.3, -0.25) is 4.79 Å². The molecular formula is C9H10ClIN2O. The highest BCUT2D eigenvalue weighted by molar-refractivity contribution is 14.1. The van der Waals surface area contributed by atoms with Gasteiger partial charge in [-0.05, 0) is 47.7 Å². The van der Waals surface area contributed by atoms with Gasteiger partial charge in [-0.25, -0.2) is 0 Å². The van der Waals surface area contributed by atoms with E-state index in [0.717, 1.165) is 9.26 Å². The minimum atomic E-state index is -0.424. The van der Waals surface area contributed by atoms with Crippen LogP contribution in [0.1, 0.15) is 6.92 Å². The van der Waals surface area contributed by atoms with E-state index in [1.165, 1.54) is 0 Å². The second-order valence-corrected chi connectivity index (χ2v) is 4.55. The summed E-state index contributed by atoms with van der Waals surface area (Å²) in [6.45, 7) is 1.69. The topological polar surface area (TPSA) is 55.1 Å². The number of carbonyl (C=O) groups is 1. The van der Waals surface area contributed by atoms with Crippen molar-refractivity contribution in [2.75, 3.05) is 5.32 Å². The van der Waals surface area contributed by atoms with Gasteiger partial charge < -0.3 is 11.1 Å². The van der Waals surface area contributed by atoms with Crippen molar-refractivity contribution in [3.8, 4) is 0 Å². The molecule has 1 amide bonds. The van der Waals surface area contributed by atoms with Crippen molar-refractivity contribution in [2.45, 2.75) is 13.0 Å². The summed E-state index contributed by atoms with van der Waals surface area (Å²) in [6.07, 6.45) is 0. The molecule has 1 unspecified atom stereocenters. The van der Waals surface area contributed by atoms with Crippen molar-refractivity contribution in [1.82, 2.24) is 0 Å². The molecule has 0 spiro atoms. The van der Waals surface area contributed by atoms with E-state index in [4.69, 9.17) is 17.3 Å². The van der Waals surface area contributed by atoms with Gasteiger partial charge in [-0.1, -0.05) is 11.6 Å². The maximum atomic E-state index is 10.8. The van der Waals surface area contributed by atoms with E-state index in [9.17, 15) is 4.79 Å². The average molecular weight is 325 g/mol. The predicted molar refractivity (Wildman–Crippen MR) is 66.4 cm³/mol. The van der Waals surface area contributed by atoms with Crippen molar-refractivity contribution in [2.24, 2.45) is 5.73 Å². The molecular weight excluding hydrogens is 314 g/mol. The van der Waals surface area contributed by atoms with E-state index < -0.39 is 11.9 Å². The molecule has 1 aromatic carbocycles. The van der Waals surface area contributed by atoms with Crippen LogP contribution >= 0.6 is 34.2 Å². The summed E-state index contributed by atoms with van der Waals surface area (Å²) >= 11 is 8.12. The van der Waals surface area contributed by atoms with Crippen LogP contribution < -0.4 is 11.1 Å². The Hall–Kier alpha value is -0.490. The molecule has 1 aromatic rings. The van der Waals surface area contributed by atoms with Gasteiger partial charge in [0.2, 0.25) is 5.91 Å². The summed E-state index contributed by atoms with van der Waals surface area (Å²) < 4.78 is 1.05. The van der Waals surface area contributed by atoms with Crippen LogP contribution in [-0.4, -0.2) is 11.9 Å². The Kier molecular flexibility index (Phi) is 4.00. The lowest BCUT2D eigenvalue weighted by atomic mass is 10.2. The van der Waals surface area contributed by atoms with E-state index in [-0.39, 0.29) is 0 Å². The van der Waals surface area contributed by atoms with Crippen LogP contribution in [0.15, 0.2) is 18.2 Å². The number of rotatable bonds is 3. The summed E-state index contributed by atoms with van der Waals surface area (Å²) in [6, 6.07) is 5.12. The van der Waals surface area contributed by atoms with Crippen LogP contribution in [0.5, 0.6) is 0 Å². The largest absolute Gasteiger partial charge is 0.373 e. The lowest BCUT2D eigenvalue weighted by Gasteiger charge is -2.12. The van der Waals surface area contributed by atoms with Crippen LogP contribution in [0, 0.1) is 3.57 Å². The Morgan fingerprint density at radius 2 is 2.29 bits per heavy atom. The summed E-state index contributed by atoms with van der Waals surface area (Å²) in [4.78, 5) is 10.8. The standard InChI is InChI=1S/C9H10ClIN2O/c1-5(9(12)14)13-8-3-2-6(11)4-7(8)10/h2-5,13H,1H3,(H2,12,14). The zero-order chi connectivity index (χ0) is 10.7. The van der Waals surface area contributed by atoms with Gasteiger partial charge in [-0.15, -0.1) is 0 Å². The summed E-state index contributed by atoms with van der Waals surface area (Å²) in [5.41, 5.74) is 5.84. The molecule has 0 saturated heterocycles. The normalized spacial score (nSPS) is 12.2. The van der Waals surface area contributed by atoms with Gasteiger partial charge in [-0.2, -0.15) is 0 Å². The number of hydrogen-bond donors (Lipinski definition) is 2. The van der Waals surface area contributed by atoms with Gasteiger partial charge in [0.15, 0.2) is 0 Å². The Bertz CT molecular complexity index is 357. The highest BCUT2D eigenvalue weighted by Gasteiger charge is 2.09. The maximum Gasteiger partial charge on any atom is 0.239 e. The number of benzene rings is 1. The Labute approximate surface area is 101 Å². The summed E-state index contributed by atoms with van der Waals surface area (Å²) in [7, 11) is 0. The van der Waals surface area contributed by atoms with Gasteiger partial charge in [0.25, 0.3) is 0 Å². The lowest BCUT2D eigenvalue weighted by molar-refractivity contribution is -0.118. The van der Waals surface area contributed by atoms with Crippen LogP contribution in [0.4, 0.5) is 5.69 Å². The van der Waals surface area contributed by atoms with E-state index >= 15 is 0 Å². The molecule has 3 N–H and O–H groups in total. The number of amides is 1. The number of anilines is 1. The minimum Gasteiger partial charge on any atom is -0.373 e. The zero-order valence-corrected chi connectivity index (χ0v) is 10.5. The third-order valence-electron chi connectivity index (χ3n) is 1.73. The highest BCUT2D eigenvalue weighted by atomic mass is 127. The van der Waals surface area contributed by atoms with Crippen LogP contribution in [0.25, 0.3) is 0 Å². The number of primary amides is 1. The molecule has 1 atom stereocenters. The van der Waals surface area contributed by atoms with Gasteiger partial charge in [0, 0.05) is 3.57 Å². The maximum absolute atomic E-state index is 10.8. The second kappa shape index (κ2) is 4.84. The average Bonchev–Trinajstić information content (AvgIpc) is 2.09. The van der Waals surface area contributed by atoms with Crippen LogP contribution in [0.2, 0.25) is 5.02 Å². The summed E-state index contributed by atoms with van der Waals surface area (Å²) in [5, 5.41) is 3.51. The number of carbonyl (C=O) groups excluding carboxylic acids is 1. The van der Waals surface area contributed by atoms with Crippen molar-refractivity contribution >= 4 is 45.8 Å². The van der Waals surface area contributed by atoms with Crippen molar-refractivity contribution in [3.05, 3.63) is 26.8 Å². The molecule has 0 aliphatic rings. The molecule has 5 heteroatoms. The number of hydrogen-bond acceptors (Lipinski definition) is 2. The van der Waals surface area contributed by atoms with Crippen molar-refractivity contribution in [3.63, 3.8) is 0 Å². The fourth-order valence-corrected chi connectivity index (χ4v) is 1.82. The van der Waals surface area contributed by atoms with Crippen LogP contribution in [-0.2, 0) is 4.79 Å². The minimum absolute atomic E-state index is 0.403. The molecule has 76 valence electrons. The molecule has 0 aliphatic heterocycles. The molecule has 0 radical (unpaired) electrons. The van der Waals surface area contributed by atoms with Crippen molar-refractivity contribution in [1.29, 1.82) is 0 Å². The summed E-state index contributed by atoms with van der Waals surface area (Å²) in [5.74, 6) is -0.403. The third-order valence-corrected chi connectivity index (χ3v) is 2.71. The van der Waals surface area contributed by atoms with E-state index in [0.29, 0.717) is 5.02 Å². The van der Waals surface area contributed by atoms with Crippen LogP contribution in [0.3, 0.4) is 0 Å². The Morgan fingerprint density at radius 3 is 2.79 bits per heavy atom. The number of nitrogens with two attached hydrogens (primary N) is 1. The molecule has 0 aliphatic carbocycles. The SMILES string of the molecule is CC(Nc1ccc(I)cc1Cl)C(N)=O. The molecule has 0 heterocycles. The first-order valence-electron chi connectivity index (χ1n) is 4.01. The van der Waals surface area contributed by atoms with E-state index in [1.807, 2.05) is 18.2 Å². The molecule has 3 nitrogen and oxygen atoms in total. The van der Waals surface area contributed by atoms with Gasteiger partial charge in [0.05, 0.1) is 10.7 Å². The fraction of sp³-hybridized carbons (Fsp3) is 0.222. The molecule has 0 saturated carbocycles. The predicted octanol–water partition coefficient (Wildman–Crippen LogP) is 2.23. The molecule has 0 fully saturated rings. The lowest BCUT2D eigenvalue weighted by Crippen LogP contribution is -2.32. The highest BCUT2D eigenvalue weighted by Crippen LogP contribution is 2.24. The quantitative estimate of drug-likeness (QED) is 0.838. The molecule has 0 bridgehead atoms. The smallest absolute Gasteiger partial charge is 0.239 e. The Morgan fingerprint density at radius 1 is 1.64 bits per heavy atom. The first-order valence-corrected chi connectivity index (χ1v) is 5.47. The molecule has 0 aromatic heterocycles. The second-order valence-electron chi connectivity index (χ2n) is 2.89. The van der Waals surface area contributed by atoms with Crippen molar-refractivity contribution < 1.29 is 4.79 Å². The van der Waals surface area contributed by atoms with E-state index in [1.54, 1.807) is 6.92 Å². The van der Waals surface area contributed by atoms with Gasteiger partial charge >= 0.3 is 0 Å². The van der Waals surface area contributed by atoms with E-state index in [2.05, 4.69) is 27.9 Å². The first kappa shape index (κ1) is 11.6. The molecule has 1 rings (SSSR count). The molecule has 14 heavy (non-hydrogen) atoms. The monoisotopic (exact) mass is 324 g/mol.